The SMILES string of the molecule is CCc1cc(Br)ccc1NC1CC2CCC(C1)N2C. The Balaban J connectivity index is 1.72. The third kappa shape index (κ3) is 2.68. The minimum atomic E-state index is 0.653. The van der Waals surface area contributed by atoms with Gasteiger partial charge in [0, 0.05) is 28.3 Å². The van der Waals surface area contributed by atoms with Crippen LogP contribution in [0, 0.1) is 0 Å². The number of aryl methyl sites for hydroxylation is 1. The number of benzene rings is 1. The van der Waals surface area contributed by atoms with Gasteiger partial charge in [-0.2, -0.15) is 0 Å². The molecule has 0 amide bonds. The molecule has 0 aromatic heterocycles. The van der Waals surface area contributed by atoms with Crippen molar-refractivity contribution in [2.45, 2.75) is 57.2 Å². The molecule has 3 rings (SSSR count). The van der Waals surface area contributed by atoms with Gasteiger partial charge in [0.05, 0.1) is 0 Å². The monoisotopic (exact) mass is 322 g/mol. The van der Waals surface area contributed by atoms with Crippen molar-refractivity contribution >= 4 is 21.6 Å². The number of hydrogen-bond acceptors (Lipinski definition) is 2. The molecule has 2 fully saturated rings. The van der Waals surface area contributed by atoms with Crippen molar-refractivity contribution < 1.29 is 0 Å². The highest BCUT2D eigenvalue weighted by Gasteiger charge is 2.38. The second kappa shape index (κ2) is 5.45. The first kappa shape index (κ1) is 13.4. The Hall–Kier alpha value is -0.540. The number of hydrogen-bond donors (Lipinski definition) is 1. The summed E-state index contributed by atoms with van der Waals surface area (Å²) in [6, 6.07) is 8.87. The van der Waals surface area contributed by atoms with Crippen molar-refractivity contribution in [2.24, 2.45) is 0 Å². The molecule has 2 saturated heterocycles. The molecule has 2 nitrogen and oxygen atoms in total. The molecular weight excluding hydrogens is 300 g/mol. The summed E-state index contributed by atoms with van der Waals surface area (Å²) in [5, 5.41) is 3.80. The van der Waals surface area contributed by atoms with Gasteiger partial charge in [-0.1, -0.05) is 22.9 Å². The molecule has 0 saturated carbocycles. The van der Waals surface area contributed by atoms with Crippen LogP contribution in [-0.2, 0) is 6.42 Å². The van der Waals surface area contributed by atoms with Gasteiger partial charge in [-0.3, -0.25) is 0 Å². The molecule has 2 aliphatic heterocycles. The van der Waals surface area contributed by atoms with E-state index in [2.05, 4.69) is 58.3 Å². The van der Waals surface area contributed by atoms with E-state index < -0.39 is 0 Å². The number of nitrogens with zero attached hydrogens (tertiary/aromatic N) is 1. The van der Waals surface area contributed by atoms with Crippen molar-refractivity contribution in [3.05, 3.63) is 28.2 Å². The Morgan fingerprint density at radius 3 is 2.58 bits per heavy atom. The van der Waals surface area contributed by atoms with Gasteiger partial charge in [0.15, 0.2) is 0 Å². The zero-order valence-electron chi connectivity index (χ0n) is 11.8. The highest BCUT2D eigenvalue weighted by Crippen LogP contribution is 2.36. The molecule has 0 radical (unpaired) electrons. The fourth-order valence-electron chi connectivity index (χ4n) is 3.74. The molecular formula is C16H23BrN2. The molecule has 0 aliphatic carbocycles. The molecule has 1 aromatic rings. The van der Waals surface area contributed by atoms with E-state index in [1.807, 2.05) is 0 Å². The molecule has 2 atom stereocenters. The molecule has 2 bridgehead atoms. The Morgan fingerprint density at radius 2 is 1.95 bits per heavy atom. The van der Waals surface area contributed by atoms with E-state index in [9.17, 15) is 0 Å². The van der Waals surface area contributed by atoms with Crippen LogP contribution in [0.2, 0.25) is 0 Å². The normalized spacial score (nSPS) is 30.6. The van der Waals surface area contributed by atoms with E-state index >= 15 is 0 Å². The summed E-state index contributed by atoms with van der Waals surface area (Å²) in [5.74, 6) is 0. The second-order valence-electron chi connectivity index (χ2n) is 6.02. The molecule has 1 aromatic carbocycles. The van der Waals surface area contributed by atoms with Gasteiger partial charge in [-0.25, -0.2) is 0 Å². The number of rotatable bonds is 3. The van der Waals surface area contributed by atoms with Crippen molar-refractivity contribution in [3.63, 3.8) is 0 Å². The van der Waals surface area contributed by atoms with Crippen LogP contribution >= 0.6 is 15.9 Å². The van der Waals surface area contributed by atoms with E-state index in [4.69, 9.17) is 0 Å². The standard InChI is InChI=1S/C16H23BrN2/c1-3-11-8-12(17)4-7-16(11)18-13-9-14-5-6-15(10-13)19(14)2/h4,7-8,13-15,18H,3,5-6,9-10H2,1-2H3. The summed E-state index contributed by atoms with van der Waals surface area (Å²) < 4.78 is 1.18. The minimum Gasteiger partial charge on any atom is -0.382 e. The largest absolute Gasteiger partial charge is 0.382 e. The lowest BCUT2D eigenvalue weighted by molar-refractivity contribution is 0.169. The molecule has 104 valence electrons. The van der Waals surface area contributed by atoms with Gasteiger partial charge < -0.3 is 10.2 Å². The third-order valence-electron chi connectivity index (χ3n) is 4.91. The van der Waals surface area contributed by atoms with Gasteiger partial charge in [0.25, 0.3) is 0 Å². The van der Waals surface area contributed by atoms with Crippen molar-refractivity contribution in [1.82, 2.24) is 4.90 Å². The predicted molar refractivity (Wildman–Crippen MR) is 84.7 cm³/mol. The van der Waals surface area contributed by atoms with Crippen LogP contribution in [0.3, 0.4) is 0 Å². The predicted octanol–water partition coefficient (Wildman–Crippen LogP) is 4.05. The highest BCUT2D eigenvalue weighted by molar-refractivity contribution is 9.10. The number of anilines is 1. The van der Waals surface area contributed by atoms with Crippen LogP contribution in [0.1, 0.15) is 38.2 Å². The van der Waals surface area contributed by atoms with Gasteiger partial charge in [0.1, 0.15) is 0 Å². The maximum absolute atomic E-state index is 3.80. The van der Waals surface area contributed by atoms with E-state index in [0.29, 0.717) is 6.04 Å². The van der Waals surface area contributed by atoms with Gasteiger partial charge >= 0.3 is 0 Å². The maximum atomic E-state index is 3.80. The van der Waals surface area contributed by atoms with Crippen LogP contribution in [0.25, 0.3) is 0 Å². The molecule has 2 heterocycles. The summed E-state index contributed by atoms with van der Waals surface area (Å²) in [6.07, 6.45) is 6.46. The maximum Gasteiger partial charge on any atom is 0.0375 e. The van der Waals surface area contributed by atoms with Crippen LogP contribution in [0.4, 0.5) is 5.69 Å². The molecule has 2 unspecified atom stereocenters. The lowest BCUT2D eigenvalue weighted by atomic mass is 9.97. The van der Waals surface area contributed by atoms with Gasteiger partial charge in [-0.05, 0) is 62.9 Å². The van der Waals surface area contributed by atoms with Gasteiger partial charge in [0.2, 0.25) is 0 Å². The fourth-order valence-corrected chi connectivity index (χ4v) is 4.15. The summed E-state index contributed by atoms with van der Waals surface area (Å²) in [5.41, 5.74) is 2.75. The topological polar surface area (TPSA) is 15.3 Å². The lowest BCUT2D eigenvalue weighted by Gasteiger charge is -2.37. The van der Waals surface area contributed by atoms with Crippen LogP contribution < -0.4 is 5.32 Å². The van der Waals surface area contributed by atoms with Crippen LogP contribution in [-0.4, -0.2) is 30.1 Å². The van der Waals surface area contributed by atoms with Gasteiger partial charge in [-0.15, -0.1) is 0 Å². The minimum absolute atomic E-state index is 0.653. The number of halogens is 1. The van der Waals surface area contributed by atoms with Crippen molar-refractivity contribution in [3.8, 4) is 0 Å². The first-order valence-corrected chi connectivity index (χ1v) is 8.23. The molecule has 1 N–H and O–H groups in total. The highest BCUT2D eigenvalue weighted by atomic mass is 79.9. The summed E-state index contributed by atoms with van der Waals surface area (Å²) in [4.78, 5) is 2.60. The number of piperidine rings is 1. The smallest absolute Gasteiger partial charge is 0.0375 e. The van der Waals surface area contributed by atoms with E-state index in [-0.39, 0.29) is 0 Å². The zero-order valence-corrected chi connectivity index (χ0v) is 13.4. The molecule has 0 spiro atoms. The average Bonchev–Trinajstić information content (AvgIpc) is 2.64. The summed E-state index contributed by atoms with van der Waals surface area (Å²) >= 11 is 3.56. The lowest BCUT2D eigenvalue weighted by Crippen LogP contribution is -2.44. The average molecular weight is 323 g/mol. The van der Waals surface area contributed by atoms with Crippen molar-refractivity contribution in [2.75, 3.05) is 12.4 Å². The quantitative estimate of drug-likeness (QED) is 0.903. The molecule has 19 heavy (non-hydrogen) atoms. The second-order valence-corrected chi connectivity index (χ2v) is 6.93. The van der Waals surface area contributed by atoms with E-state index in [1.165, 1.54) is 41.4 Å². The van der Waals surface area contributed by atoms with E-state index in [1.54, 1.807) is 0 Å². The Kier molecular flexibility index (Phi) is 3.86. The zero-order chi connectivity index (χ0) is 13.4. The summed E-state index contributed by atoms with van der Waals surface area (Å²) in [7, 11) is 2.30. The Labute approximate surface area is 124 Å². The Morgan fingerprint density at radius 1 is 1.26 bits per heavy atom. The third-order valence-corrected chi connectivity index (χ3v) is 5.40. The van der Waals surface area contributed by atoms with E-state index in [0.717, 1.165) is 18.5 Å². The van der Waals surface area contributed by atoms with Crippen molar-refractivity contribution in [1.29, 1.82) is 0 Å². The first-order valence-electron chi connectivity index (χ1n) is 7.44. The number of nitrogens with one attached hydrogen (secondary N) is 1. The fraction of sp³-hybridized carbons (Fsp3) is 0.625. The van der Waals surface area contributed by atoms with Crippen LogP contribution in [0.15, 0.2) is 22.7 Å². The first-order chi connectivity index (χ1) is 9.17. The molecule has 3 heteroatoms. The summed E-state index contributed by atoms with van der Waals surface area (Å²) in [6.45, 7) is 2.23. The molecule has 2 aliphatic rings. The Bertz CT molecular complexity index is 446. The number of fused-ring (bicyclic) bond motifs is 2. The van der Waals surface area contributed by atoms with Crippen LogP contribution in [0.5, 0.6) is 0 Å².